The second-order valence-electron chi connectivity index (χ2n) is 6.88. The summed E-state index contributed by atoms with van der Waals surface area (Å²) >= 11 is 5.89. The average molecular weight is 373 g/mol. The zero-order valence-electron chi connectivity index (χ0n) is 15.3. The molecule has 1 heterocycles. The molecule has 0 aliphatic carbocycles. The number of anilines is 1. The lowest BCUT2D eigenvalue weighted by atomic mass is 10.1. The maximum atomic E-state index is 12.1. The molecule has 1 aliphatic heterocycles. The molecule has 4 nitrogen and oxygen atoms in total. The van der Waals surface area contributed by atoms with Gasteiger partial charge in [-0.15, -0.1) is 0 Å². The number of piperazine rings is 1. The highest BCUT2D eigenvalue weighted by Gasteiger charge is 2.22. The van der Waals surface area contributed by atoms with E-state index in [0.29, 0.717) is 6.61 Å². The minimum absolute atomic E-state index is 0.0682. The van der Waals surface area contributed by atoms with E-state index in [1.54, 1.807) is 0 Å². The summed E-state index contributed by atoms with van der Waals surface area (Å²) in [6.45, 7) is 7.73. The summed E-state index contributed by atoms with van der Waals surface area (Å²) in [6.07, 6.45) is 0. The summed E-state index contributed by atoms with van der Waals surface area (Å²) < 4.78 is 5.83. The number of rotatable bonds is 5. The average Bonchev–Trinajstić information content (AvgIpc) is 2.67. The first-order valence-electron chi connectivity index (χ1n) is 9.04. The standard InChI is InChI=1S/C21H25ClN2O2/c1-16(2)21(25)24-13-11-23(12-14-24)19-7-9-20(10-8-19)26-15-17-3-5-18(22)6-4-17/h3-10,16H,11-15H2,1-2H3. The number of benzene rings is 2. The van der Waals surface area contributed by atoms with Crippen LogP contribution in [0.5, 0.6) is 5.75 Å². The molecule has 0 saturated carbocycles. The van der Waals surface area contributed by atoms with E-state index in [2.05, 4.69) is 17.0 Å². The van der Waals surface area contributed by atoms with Crippen LogP contribution in [0.2, 0.25) is 5.02 Å². The highest BCUT2D eigenvalue weighted by molar-refractivity contribution is 6.30. The fourth-order valence-electron chi connectivity index (χ4n) is 3.05. The third kappa shape index (κ3) is 4.70. The van der Waals surface area contributed by atoms with E-state index in [4.69, 9.17) is 16.3 Å². The van der Waals surface area contributed by atoms with Gasteiger partial charge < -0.3 is 14.5 Å². The molecule has 138 valence electrons. The van der Waals surface area contributed by atoms with Gasteiger partial charge in [-0.05, 0) is 42.0 Å². The van der Waals surface area contributed by atoms with Gasteiger partial charge in [0.2, 0.25) is 5.91 Å². The lowest BCUT2D eigenvalue weighted by Gasteiger charge is -2.37. The molecule has 0 spiro atoms. The Hall–Kier alpha value is -2.20. The Kier molecular flexibility index (Phi) is 6.04. The summed E-state index contributed by atoms with van der Waals surface area (Å²) in [7, 11) is 0. The van der Waals surface area contributed by atoms with Crippen LogP contribution in [0.3, 0.4) is 0 Å². The van der Waals surface area contributed by atoms with Gasteiger partial charge in [0.05, 0.1) is 0 Å². The van der Waals surface area contributed by atoms with Gasteiger partial charge in [0.15, 0.2) is 0 Å². The van der Waals surface area contributed by atoms with Crippen molar-refractivity contribution in [3.05, 3.63) is 59.1 Å². The number of hydrogen-bond acceptors (Lipinski definition) is 3. The zero-order valence-corrected chi connectivity index (χ0v) is 16.1. The largest absolute Gasteiger partial charge is 0.489 e. The second kappa shape index (κ2) is 8.45. The normalized spacial score (nSPS) is 14.6. The van der Waals surface area contributed by atoms with Gasteiger partial charge in [-0.2, -0.15) is 0 Å². The molecule has 5 heteroatoms. The van der Waals surface area contributed by atoms with Gasteiger partial charge in [-0.1, -0.05) is 37.6 Å². The van der Waals surface area contributed by atoms with Gasteiger partial charge in [-0.3, -0.25) is 4.79 Å². The maximum Gasteiger partial charge on any atom is 0.225 e. The van der Waals surface area contributed by atoms with Crippen molar-refractivity contribution in [1.82, 2.24) is 4.90 Å². The number of carbonyl (C=O) groups excluding carboxylic acids is 1. The second-order valence-corrected chi connectivity index (χ2v) is 7.31. The van der Waals surface area contributed by atoms with Crippen molar-refractivity contribution in [3.8, 4) is 5.75 Å². The molecule has 0 atom stereocenters. The summed E-state index contributed by atoms with van der Waals surface area (Å²) in [4.78, 5) is 16.4. The molecule has 2 aromatic rings. The van der Waals surface area contributed by atoms with Crippen LogP contribution in [0.1, 0.15) is 19.4 Å². The Morgan fingerprint density at radius 2 is 1.62 bits per heavy atom. The topological polar surface area (TPSA) is 32.8 Å². The Morgan fingerprint density at radius 1 is 1.00 bits per heavy atom. The van der Waals surface area contributed by atoms with E-state index in [9.17, 15) is 4.79 Å². The van der Waals surface area contributed by atoms with Crippen LogP contribution < -0.4 is 9.64 Å². The first-order chi connectivity index (χ1) is 12.5. The van der Waals surface area contributed by atoms with Gasteiger partial charge in [-0.25, -0.2) is 0 Å². The van der Waals surface area contributed by atoms with E-state index in [1.165, 1.54) is 5.69 Å². The Labute approximate surface area is 160 Å². The van der Waals surface area contributed by atoms with Gasteiger partial charge in [0, 0.05) is 42.8 Å². The van der Waals surface area contributed by atoms with Crippen LogP contribution >= 0.6 is 11.6 Å². The van der Waals surface area contributed by atoms with E-state index < -0.39 is 0 Å². The summed E-state index contributed by atoms with van der Waals surface area (Å²) in [5.41, 5.74) is 2.25. The third-order valence-corrected chi connectivity index (χ3v) is 4.86. The molecule has 0 N–H and O–H groups in total. The summed E-state index contributed by atoms with van der Waals surface area (Å²) in [6, 6.07) is 15.8. The molecule has 3 rings (SSSR count). The van der Waals surface area contributed by atoms with Crippen molar-refractivity contribution < 1.29 is 9.53 Å². The lowest BCUT2D eigenvalue weighted by Crippen LogP contribution is -2.49. The molecule has 0 aromatic heterocycles. The van der Waals surface area contributed by atoms with Crippen LogP contribution in [-0.4, -0.2) is 37.0 Å². The number of hydrogen-bond donors (Lipinski definition) is 0. The van der Waals surface area contributed by atoms with Crippen LogP contribution in [0, 0.1) is 5.92 Å². The lowest BCUT2D eigenvalue weighted by molar-refractivity contribution is -0.134. The third-order valence-electron chi connectivity index (χ3n) is 4.61. The molecule has 26 heavy (non-hydrogen) atoms. The van der Waals surface area contributed by atoms with Crippen molar-refractivity contribution in [2.45, 2.75) is 20.5 Å². The summed E-state index contributed by atoms with van der Waals surface area (Å²) in [5, 5.41) is 0.730. The van der Waals surface area contributed by atoms with Crippen LogP contribution in [0.15, 0.2) is 48.5 Å². The minimum atomic E-state index is 0.0682. The molecule has 1 fully saturated rings. The van der Waals surface area contributed by atoms with Crippen LogP contribution in [0.4, 0.5) is 5.69 Å². The number of nitrogens with zero attached hydrogens (tertiary/aromatic N) is 2. The fourth-order valence-corrected chi connectivity index (χ4v) is 3.18. The number of halogens is 1. The molecule has 0 radical (unpaired) electrons. The van der Waals surface area contributed by atoms with Gasteiger partial charge in [0.1, 0.15) is 12.4 Å². The van der Waals surface area contributed by atoms with Crippen molar-refractivity contribution >= 4 is 23.2 Å². The van der Waals surface area contributed by atoms with Gasteiger partial charge >= 0.3 is 0 Å². The van der Waals surface area contributed by atoms with Gasteiger partial charge in [0.25, 0.3) is 0 Å². The Balaban J connectivity index is 1.52. The predicted molar refractivity (Wildman–Crippen MR) is 106 cm³/mol. The first-order valence-corrected chi connectivity index (χ1v) is 9.42. The van der Waals surface area contributed by atoms with E-state index in [-0.39, 0.29) is 11.8 Å². The first kappa shape index (κ1) is 18.6. The van der Waals surface area contributed by atoms with Crippen molar-refractivity contribution in [3.63, 3.8) is 0 Å². The minimum Gasteiger partial charge on any atom is -0.489 e. The molecule has 0 unspecified atom stereocenters. The molecule has 1 amide bonds. The smallest absolute Gasteiger partial charge is 0.225 e. The SMILES string of the molecule is CC(C)C(=O)N1CCN(c2ccc(OCc3ccc(Cl)cc3)cc2)CC1. The van der Waals surface area contributed by atoms with Crippen molar-refractivity contribution in [1.29, 1.82) is 0 Å². The molecule has 2 aromatic carbocycles. The number of carbonyl (C=O) groups is 1. The predicted octanol–water partition coefficient (Wildman–Crippen LogP) is 4.22. The molecular weight excluding hydrogens is 348 g/mol. The van der Waals surface area contributed by atoms with Crippen molar-refractivity contribution in [2.75, 3.05) is 31.1 Å². The zero-order chi connectivity index (χ0) is 18.5. The quantitative estimate of drug-likeness (QED) is 0.787. The number of amides is 1. The highest BCUT2D eigenvalue weighted by atomic mass is 35.5. The van der Waals surface area contributed by atoms with Crippen LogP contribution in [-0.2, 0) is 11.4 Å². The molecular formula is C21H25ClN2O2. The maximum absolute atomic E-state index is 12.1. The molecule has 1 aliphatic rings. The van der Waals surface area contributed by atoms with E-state index in [1.807, 2.05) is 55.1 Å². The number of ether oxygens (including phenoxy) is 1. The Morgan fingerprint density at radius 3 is 2.19 bits per heavy atom. The van der Waals surface area contributed by atoms with Crippen LogP contribution in [0.25, 0.3) is 0 Å². The molecule has 1 saturated heterocycles. The summed E-state index contributed by atoms with van der Waals surface area (Å²) in [5.74, 6) is 1.16. The van der Waals surface area contributed by atoms with Crippen molar-refractivity contribution in [2.24, 2.45) is 5.92 Å². The van der Waals surface area contributed by atoms with E-state index in [0.717, 1.165) is 42.5 Å². The highest BCUT2D eigenvalue weighted by Crippen LogP contribution is 2.22. The fraction of sp³-hybridized carbons (Fsp3) is 0.381. The molecule has 0 bridgehead atoms. The monoisotopic (exact) mass is 372 g/mol. The Bertz CT molecular complexity index is 721. The van der Waals surface area contributed by atoms with E-state index >= 15 is 0 Å².